The van der Waals surface area contributed by atoms with E-state index in [9.17, 15) is 0 Å². The fourth-order valence-corrected chi connectivity index (χ4v) is 3.13. The molecule has 1 heterocycles. The predicted octanol–water partition coefficient (Wildman–Crippen LogP) is 2.89. The van der Waals surface area contributed by atoms with Crippen molar-refractivity contribution in [2.75, 3.05) is 25.9 Å². The lowest BCUT2D eigenvalue weighted by atomic mass is 9.95. The Morgan fingerprint density at radius 3 is 2.89 bits per heavy atom. The molecule has 1 aromatic rings. The summed E-state index contributed by atoms with van der Waals surface area (Å²) < 4.78 is 6.59. The molecule has 2 N–H and O–H groups in total. The van der Waals surface area contributed by atoms with Gasteiger partial charge < -0.3 is 10.5 Å². The van der Waals surface area contributed by atoms with Gasteiger partial charge in [-0.2, -0.15) is 0 Å². The van der Waals surface area contributed by atoms with E-state index in [4.69, 9.17) is 10.5 Å². The monoisotopic (exact) mass is 312 g/mol. The summed E-state index contributed by atoms with van der Waals surface area (Å²) in [6.07, 6.45) is 1.55. The summed E-state index contributed by atoms with van der Waals surface area (Å²) in [4.78, 5) is 2.44. The molecule has 18 heavy (non-hydrogen) atoms. The highest BCUT2D eigenvalue weighted by atomic mass is 79.9. The molecular weight excluding hydrogens is 292 g/mol. The fourth-order valence-electron chi connectivity index (χ4n) is 2.57. The molecule has 2 rings (SSSR count). The summed E-state index contributed by atoms with van der Waals surface area (Å²) in [6, 6.07) is 6.11. The maximum absolute atomic E-state index is 5.87. The summed E-state index contributed by atoms with van der Waals surface area (Å²) in [5.74, 6) is 0.652. The van der Waals surface area contributed by atoms with Crippen molar-refractivity contribution in [3.05, 3.63) is 28.2 Å². The van der Waals surface area contributed by atoms with Crippen LogP contribution in [0.5, 0.6) is 0 Å². The average molecular weight is 313 g/mol. The summed E-state index contributed by atoms with van der Waals surface area (Å²) in [7, 11) is 1.81. The van der Waals surface area contributed by atoms with Gasteiger partial charge in [-0.3, -0.25) is 4.90 Å². The van der Waals surface area contributed by atoms with Crippen molar-refractivity contribution in [2.24, 2.45) is 5.92 Å². The van der Waals surface area contributed by atoms with E-state index in [0.29, 0.717) is 12.0 Å². The molecule has 0 radical (unpaired) electrons. The predicted molar refractivity (Wildman–Crippen MR) is 78.4 cm³/mol. The number of anilines is 1. The number of piperidine rings is 1. The Morgan fingerprint density at radius 2 is 2.22 bits per heavy atom. The minimum atomic E-state index is 0.350. The van der Waals surface area contributed by atoms with Gasteiger partial charge in [0.25, 0.3) is 0 Å². The second kappa shape index (κ2) is 6.04. The lowest BCUT2D eigenvalue weighted by Crippen LogP contribution is -2.43. The zero-order chi connectivity index (χ0) is 13.1. The zero-order valence-electron chi connectivity index (χ0n) is 11.0. The van der Waals surface area contributed by atoms with E-state index in [1.807, 2.05) is 19.2 Å². The third-order valence-electron chi connectivity index (χ3n) is 3.66. The van der Waals surface area contributed by atoms with Crippen molar-refractivity contribution >= 4 is 21.6 Å². The first kappa shape index (κ1) is 13.8. The van der Waals surface area contributed by atoms with Crippen LogP contribution in [0.2, 0.25) is 0 Å². The van der Waals surface area contributed by atoms with Crippen molar-refractivity contribution in [1.82, 2.24) is 4.90 Å². The minimum Gasteiger partial charge on any atom is -0.399 e. The van der Waals surface area contributed by atoms with Crippen molar-refractivity contribution in [3.63, 3.8) is 0 Å². The molecule has 1 aromatic carbocycles. The second-order valence-corrected chi connectivity index (χ2v) is 6.08. The Bertz CT molecular complexity index is 391. The molecule has 0 aliphatic carbocycles. The van der Waals surface area contributed by atoms with Crippen LogP contribution in [0.4, 0.5) is 5.69 Å². The second-order valence-electron chi connectivity index (χ2n) is 5.17. The molecule has 1 aliphatic heterocycles. The van der Waals surface area contributed by atoms with Gasteiger partial charge in [-0.15, -0.1) is 0 Å². The largest absolute Gasteiger partial charge is 0.399 e. The molecule has 0 bridgehead atoms. The van der Waals surface area contributed by atoms with Crippen molar-refractivity contribution in [1.29, 1.82) is 0 Å². The van der Waals surface area contributed by atoms with Crippen molar-refractivity contribution in [2.45, 2.75) is 26.0 Å². The van der Waals surface area contributed by atoms with Crippen LogP contribution < -0.4 is 5.73 Å². The molecule has 3 nitrogen and oxygen atoms in total. The number of nitrogen functional groups attached to an aromatic ring is 1. The molecule has 100 valence electrons. The van der Waals surface area contributed by atoms with Crippen LogP contribution in [0.3, 0.4) is 0 Å². The topological polar surface area (TPSA) is 38.5 Å². The highest BCUT2D eigenvalue weighted by Gasteiger charge is 2.25. The van der Waals surface area contributed by atoms with Crippen LogP contribution in [0.1, 0.15) is 18.9 Å². The number of nitrogens with two attached hydrogens (primary N) is 1. The van der Waals surface area contributed by atoms with Gasteiger partial charge >= 0.3 is 0 Å². The first-order chi connectivity index (χ1) is 8.58. The maximum atomic E-state index is 5.87. The van der Waals surface area contributed by atoms with E-state index in [-0.39, 0.29) is 0 Å². The van der Waals surface area contributed by atoms with E-state index >= 15 is 0 Å². The number of hydrogen-bond donors (Lipinski definition) is 1. The SMILES string of the molecule is COC1CN(Cc2cc(N)cc(Br)c2)CCC1C. The third-order valence-corrected chi connectivity index (χ3v) is 4.12. The van der Waals surface area contributed by atoms with Gasteiger partial charge in [-0.1, -0.05) is 22.9 Å². The summed E-state index contributed by atoms with van der Waals surface area (Å²) in [6.45, 7) is 5.34. The normalized spacial score (nSPS) is 25.3. The Morgan fingerprint density at radius 1 is 1.44 bits per heavy atom. The number of halogens is 1. The van der Waals surface area contributed by atoms with E-state index in [1.165, 1.54) is 12.0 Å². The highest BCUT2D eigenvalue weighted by Crippen LogP contribution is 2.23. The van der Waals surface area contributed by atoms with Gasteiger partial charge in [0.15, 0.2) is 0 Å². The van der Waals surface area contributed by atoms with Gasteiger partial charge in [0.1, 0.15) is 0 Å². The maximum Gasteiger partial charge on any atom is 0.0724 e. The molecule has 0 spiro atoms. The quantitative estimate of drug-likeness (QED) is 0.872. The lowest BCUT2D eigenvalue weighted by molar-refractivity contribution is -0.00744. The molecule has 0 aromatic heterocycles. The summed E-state index contributed by atoms with van der Waals surface area (Å²) in [5, 5.41) is 0. The lowest BCUT2D eigenvalue weighted by Gasteiger charge is -2.36. The number of ether oxygens (including phenoxy) is 1. The smallest absolute Gasteiger partial charge is 0.0724 e. The number of methoxy groups -OCH3 is 1. The van der Waals surface area contributed by atoms with Gasteiger partial charge in [-0.05, 0) is 42.6 Å². The Hall–Kier alpha value is -0.580. The third kappa shape index (κ3) is 3.46. The molecule has 1 fully saturated rings. The van der Waals surface area contributed by atoms with Crippen LogP contribution in [-0.4, -0.2) is 31.2 Å². The Balaban J connectivity index is 2.01. The molecule has 0 amide bonds. The van der Waals surface area contributed by atoms with Crippen LogP contribution in [0, 0.1) is 5.92 Å². The molecule has 2 atom stereocenters. The molecule has 0 saturated carbocycles. The highest BCUT2D eigenvalue weighted by molar-refractivity contribution is 9.10. The number of hydrogen-bond acceptors (Lipinski definition) is 3. The molecule has 4 heteroatoms. The van der Waals surface area contributed by atoms with E-state index < -0.39 is 0 Å². The average Bonchev–Trinajstić information content (AvgIpc) is 2.30. The Kier molecular flexibility index (Phi) is 4.65. The molecule has 1 aliphatic rings. The number of nitrogens with zero attached hydrogens (tertiary/aromatic N) is 1. The Labute approximate surface area is 117 Å². The van der Waals surface area contributed by atoms with Crippen molar-refractivity contribution in [3.8, 4) is 0 Å². The van der Waals surface area contributed by atoms with Gasteiger partial charge in [0, 0.05) is 30.4 Å². The standard InChI is InChI=1S/C14H21BrN2O/c1-10-3-4-17(9-14(10)18-2)8-11-5-12(15)7-13(16)6-11/h5-7,10,14H,3-4,8-9,16H2,1-2H3. The van der Waals surface area contributed by atoms with Crippen LogP contribution in [0.25, 0.3) is 0 Å². The van der Waals surface area contributed by atoms with Crippen LogP contribution in [-0.2, 0) is 11.3 Å². The fraction of sp³-hybridized carbons (Fsp3) is 0.571. The van der Waals surface area contributed by atoms with Crippen molar-refractivity contribution < 1.29 is 4.74 Å². The van der Waals surface area contributed by atoms with E-state index in [1.54, 1.807) is 0 Å². The van der Waals surface area contributed by atoms with Crippen LogP contribution >= 0.6 is 15.9 Å². The summed E-state index contributed by atoms with van der Waals surface area (Å²) >= 11 is 3.49. The summed E-state index contributed by atoms with van der Waals surface area (Å²) in [5.41, 5.74) is 7.94. The number of benzene rings is 1. The molecule has 2 unspecified atom stereocenters. The van der Waals surface area contributed by atoms with Crippen LogP contribution in [0.15, 0.2) is 22.7 Å². The zero-order valence-corrected chi connectivity index (χ0v) is 12.6. The number of likely N-dealkylation sites (tertiary alicyclic amines) is 1. The van der Waals surface area contributed by atoms with Gasteiger partial charge in [0.05, 0.1) is 6.10 Å². The minimum absolute atomic E-state index is 0.350. The molecule has 1 saturated heterocycles. The number of rotatable bonds is 3. The molecular formula is C14H21BrN2O. The first-order valence-electron chi connectivity index (χ1n) is 6.38. The van der Waals surface area contributed by atoms with E-state index in [0.717, 1.165) is 29.8 Å². The van der Waals surface area contributed by atoms with Gasteiger partial charge in [0.2, 0.25) is 0 Å². The van der Waals surface area contributed by atoms with E-state index in [2.05, 4.69) is 33.8 Å². The first-order valence-corrected chi connectivity index (χ1v) is 7.18. The van der Waals surface area contributed by atoms with Gasteiger partial charge in [-0.25, -0.2) is 0 Å².